The molecule has 2 aliphatic carbocycles. The van der Waals surface area contributed by atoms with Crippen LogP contribution in [0.3, 0.4) is 0 Å². The normalized spacial score (nSPS) is 23.2. The fourth-order valence-corrected chi connectivity index (χ4v) is 6.56. The third-order valence-electron chi connectivity index (χ3n) is 9.03. The zero-order valence-corrected chi connectivity index (χ0v) is 26.8. The van der Waals surface area contributed by atoms with Crippen molar-refractivity contribution >= 4 is 23.8 Å². The summed E-state index contributed by atoms with van der Waals surface area (Å²) >= 11 is 0. The van der Waals surface area contributed by atoms with Gasteiger partial charge >= 0.3 is 6.09 Å². The van der Waals surface area contributed by atoms with E-state index in [2.05, 4.69) is 16.6 Å². The number of nitrogens with zero attached hydrogens (tertiary/aromatic N) is 2. The van der Waals surface area contributed by atoms with E-state index < -0.39 is 35.7 Å². The molecule has 1 aromatic rings. The molecule has 2 fully saturated rings. The van der Waals surface area contributed by atoms with Crippen LogP contribution in [0.5, 0.6) is 0 Å². The highest BCUT2D eigenvalue weighted by Crippen LogP contribution is 2.34. The average molecular weight is 609 g/mol. The minimum atomic E-state index is -0.858. The minimum Gasteiger partial charge on any atom is -0.444 e. The third kappa shape index (κ3) is 7.92. The first-order valence-electron chi connectivity index (χ1n) is 15.9. The maximum atomic E-state index is 14.2. The molecule has 0 radical (unpaired) electrons. The van der Waals surface area contributed by atoms with Gasteiger partial charge in [-0.15, -0.1) is 6.42 Å². The molecule has 44 heavy (non-hydrogen) atoms. The standard InChI is InChI=1S/C34H48N4O6/c1-7-20-43-27-21-24-16-11-12-17-25(24)29(27)36-31(40)26-18-13-19-38(26)32(41)28(23-14-9-8-10-15-23)35-30(39)22(2)37(6)33(42)44-34(3,4)5/h1,11-12,16-17,22-23,26-29H,8-10,13-15,18-21H2,2-6H3,(H,35,39)(H,36,40)/t22-,26-,27-,28-,29?/m0/s1. The molecule has 5 atom stereocenters. The van der Waals surface area contributed by atoms with Crippen LogP contribution in [0.4, 0.5) is 4.79 Å². The Morgan fingerprint density at radius 3 is 2.48 bits per heavy atom. The molecule has 1 saturated carbocycles. The zero-order valence-electron chi connectivity index (χ0n) is 26.8. The highest BCUT2D eigenvalue weighted by atomic mass is 16.6. The number of nitrogens with one attached hydrogen (secondary N) is 2. The molecular weight excluding hydrogens is 560 g/mol. The largest absolute Gasteiger partial charge is 0.444 e. The van der Waals surface area contributed by atoms with Gasteiger partial charge in [0.2, 0.25) is 17.7 Å². The van der Waals surface area contributed by atoms with Crippen molar-refractivity contribution in [1.82, 2.24) is 20.4 Å². The van der Waals surface area contributed by atoms with Crippen LogP contribution in [-0.2, 0) is 30.3 Å². The molecule has 0 aromatic heterocycles. The Morgan fingerprint density at radius 2 is 1.80 bits per heavy atom. The molecule has 10 nitrogen and oxygen atoms in total. The van der Waals surface area contributed by atoms with E-state index >= 15 is 0 Å². The number of hydrogen-bond donors (Lipinski definition) is 2. The smallest absolute Gasteiger partial charge is 0.410 e. The number of fused-ring (bicyclic) bond motifs is 1. The van der Waals surface area contributed by atoms with Gasteiger partial charge in [0.1, 0.15) is 30.3 Å². The molecule has 0 bridgehead atoms. The predicted octanol–water partition coefficient (Wildman–Crippen LogP) is 3.73. The summed E-state index contributed by atoms with van der Waals surface area (Å²) in [6.07, 6.45) is 11.0. The van der Waals surface area contributed by atoms with Gasteiger partial charge in [-0.1, -0.05) is 49.4 Å². The number of likely N-dealkylation sites (N-methyl/N-ethyl adjacent to an activating group) is 1. The fraction of sp³-hybridized carbons (Fsp3) is 0.647. The maximum absolute atomic E-state index is 14.2. The number of benzene rings is 1. The Labute approximate surface area is 261 Å². The van der Waals surface area contributed by atoms with Crippen LogP contribution >= 0.6 is 0 Å². The highest BCUT2D eigenvalue weighted by Gasteiger charge is 2.43. The summed E-state index contributed by atoms with van der Waals surface area (Å²) in [5, 5.41) is 6.16. The SMILES string of the molecule is C#CCO[C@H]1Cc2ccccc2C1NC(=O)[C@@H]1CCCN1C(=O)[C@@H](NC(=O)[C@H](C)N(C)C(=O)OC(C)(C)C)C1CCCCC1. The van der Waals surface area contributed by atoms with Crippen molar-refractivity contribution in [2.75, 3.05) is 20.2 Å². The summed E-state index contributed by atoms with van der Waals surface area (Å²) in [5.74, 6) is 1.54. The third-order valence-corrected chi connectivity index (χ3v) is 9.03. The second-order valence-corrected chi connectivity index (χ2v) is 13.3. The van der Waals surface area contributed by atoms with Crippen molar-refractivity contribution in [3.05, 3.63) is 35.4 Å². The van der Waals surface area contributed by atoms with Gasteiger partial charge in [0, 0.05) is 20.0 Å². The molecule has 1 unspecified atom stereocenters. The van der Waals surface area contributed by atoms with Crippen LogP contribution < -0.4 is 10.6 Å². The van der Waals surface area contributed by atoms with Crippen molar-refractivity contribution < 1.29 is 28.7 Å². The number of ether oxygens (including phenoxy) is 2. The van der Waals surface area contributed by atoms with Gasteiger partial charge in [0.25, 0.3) is 0 Å². The summed E-state index contributed by atoms with van der Waals surface area (Å²) in [7, 11) is 1.51. The first-order valence-corrected chi connectivity index (χ1v) is 15.9. The van der Waals surface area contributed by atoms with Crippen molar-refractivity contribution in [3.63, 3.8) is 0 Å². The van der Waals surface area contributed by atoms with E-state index in [1.54, 1.807) is 32.6 Å². The molecule has 3 aliphatic rings. The summed E-state index contributed by atoms with van der Waals surface area (Å²) < 4.78 is 11.4. The van der Waals surface area contributed by atoms with Crippen LogP contribution in [0, 0.1) is 18.3 Å². The number of rotatable bonds is 9. The summed E-state index contributed by atoms with van der Waals surface area (Å²) in [6, 6.07) is 5.24. The second-order valence-electron chi connectivity index (χ2n) is 13.3. The van der Waals surface area contributed by atoms with E-state index in [0.29, 0.717) is 25.8 Å². The van der Waals surface area contributed by atoms with Gasteiger partial charge in [-0.3, -0.25) is 19.3 Å². The van der Waals surface area contributed by atoms with Crippen molar-refractivity contribution in [1.29, 1.82) is 0 Å². The van der Waals surface area contributed by atoms with E-state index in [9.17, 15) is 19.2 Å². The Balaban J connectivity index is 1.49. The van der Waals surface area contributed by atoms with Gasteiger partial charge in [-0.2, -0.15) is 0 Å². The molecule has 10 heteroatoms. The van der Waals surface area contributed by atoms with Crippen LogP contribution in [0.2, 0.25) is 0 Å². The number of amides is 4. The Morgan fingerprint density at radius 1 is 1.09 bits per heavy atom. The molecule has 1 heterocycles. The predicted molar refractivity (Wildman–Crippen MR) is 166 cm³/mol. The van der Waals surface area contributed by atoms with E-state index in [1.807, 2.05) is 24.3 Å². The molecule has 1 aromatic carbocycles. The van der Waals surface area contributed by atoms with E-state index in [4.69, 9.17) is 15.9 Å². The van der Waals surface area contributed by atoms with E-state index in [1.165, 1.54) is 11.9 Å². The van der Waals surface area contributed by atoms with Crippen LogP contribution in [0.1, 0.15) is 89.8 Å². The lowest BCUT2D eigenvalue weighted by atomic mass is 9.83. The molecule has 0 spiro atoms. The second kappa shape index (κ2) is 14.5. The summed E-state index contributed by atoms with van der Waals surface area (Å²) in [6.45, 7) is 7.48. The van der Waals surface area contributed by atoms with E-state index in [-0.39, 0.29) is 36.5 Å². The van der Waals surface area contributed by atoms with Gasteiger partial charge < -0.3 is 25.0 Å². The minimum absolute atomic E-state index is 0.0493. The zero-order chi connectivity index (χ0) is 32.0. The van der Waals surface area contributed by atoms with Crippen LogP contribution in [-0.4, -0.2) is 83.6 Å². The molecule has 4 rings (SSSR count). The number of terminal acetylenes is 1. The molecular formula is C34H48N4O6. The lowest BCUT2D eigenvalue weighted by molar-refractivity contribution is -0.144. The molecule has 1 saturated heterocycles. The maximum Gasteiger partial charge on any atom is 0.410 e. The van der Waals surface area contributed by atoms with Crippen LogP contribution in [0.25, 0.3) is 0 Å². The van der Waals surface area contributed by atoms with Crippen molar-refractivity contribution in [3.8, 4) is 12.3 Å². The van der Waals surface area contributed by atoms with Gasteiger partial charge in [0.15, 0.2) is 0 Å². The molecule has 1 aliphatic heterocycles. The Kier molecular flexibility index (Phi) is 11.0. The fourth-order valence-electron chi connectivity index (χ4n) is 6.56. The molecule has 4 amide bonds. The quantitative estimate of drug-likeness (QED) is 0.413. The number of likely N-dealkylation sites (tertiary alicyclic amines) is 1. The Bertz CT molecular complexity index is 1250. The highest BCUT2D eigenvalue weighted by molar-refractivity contribution is 5.94. The Hall–Kier alpha value is -3.58. The number of hydrogen-bond acceptors (Lipinski definition) is 6. The van der Waals surface area contributed by atoms with Gasteiger partial charge in [0.05, 0.1) is 12.1 Å². The van der Waals surface area contributed by atoms with Gasteiger partial charge in [-0.05, 0) is 70.4 Å². The summed E-state index contributed by atoms with van der Waals surface area (Å²) in [4.78, 5) is 57.0. The first-order chi connectivity index (χ1) is 20.9. The van der Waals surface area contributed by atoms with Crippen molar-refractivity contribution in [2.24, 2.45) is 5.92 Å². The first kappa shape index (κ1) is 33.3. The number of carbonyl (C=O) groups is 4. The summed E-state index contributed by atoms with van der Waals surface area (Å²) in [5.41, 5.74) is 1.39. The van der Waals surface area contributed by atoms with E-state index in [0.717, 1.165) is 43.2 Å². The van der Waals surface area contributed by atoms with Crippen LogP contribution in [0.15, 0.2) is 24.3 Å². The lowest BCUT2D eigenvalue weighted by Gasteiger charge is -2.36. The topological polar surface area (TPSA) is 117 Å². The van der Waals surface area contributed by atoms with Crippen molar-refractivity contribution in [2.45, 2.75) is 115 Å². The molecule has 2 N–H and O–H groups in total. The van der Waals surface area contributed by atoms with Gasteiger partial charge in [-0.25, -0.2) is 4.79 Å². The monoisotopic (exact) mass is 608 g/mol. The molecule has 240 valence electrons. The average Bonchev–Trinajstić information content (AvgIpc) is 3.62. The lowest BCUT2D eigenvalue weighted by Crippen LogP contribution is -2.59. The number of carbonyl (C=O) groups excluding carboxylic acids is 4.